The average molecular weight is 699 g/mol. The van der Waals surface area contributed by atoms with Crippen molar-refractivity contribution in [3.05, 3.63) is 80.0 Å². The highest BCUT2D eigenvalue weighted by molar-refractivity contribution is 9.10. The number of amides is 2. The molecule has 0 unspecified atom stereocenters. The number of nitrogens with two attached hydrogens (primary N) is 1. The Balaban J connectivity index is 1.86. The standard InChI is InChI=1S/C34H40BrN3O8/c1-17-12-22-30(40)24(16-25-32(22)45-27-15-21(35)10-11-23(27)37-25)38-33(41)18(2)8-7-9-26(43-5)31(46-34(36)42)20(4)14-19(3)29(39)28(13-17)44-6/h7-11,14-17,19,26,28-29,31,39H,12-13H2,1-6H3,(H2,36,42)(H,38,41)/b9-7+,18-8-,20-14-/t17-,19+,26+,28-,29+,31-/m1/s1. The van der Waals surface area contributed by atoms with E-state index >= 15 is 0 Å². The molecule has 0 saturated heterocycles. The number of rotatable bonds is 3. The molecule has 2 bridgehead atoms. The third-order valence-corrected chi connectivity index (χ3v) is 8.63. The summed E-state index contributed by atoms with van der Waals surface area (Å²) in [7, 11) is 2.97. The highest BCUT2D eigenvalue weighted by Gasteiger charge is 2.30. The molecule has 2 amide bonds. The molecule has 4 N–H and O–H groups in total. The van der Waals surface area contributed by atoms with E-state index in [9.17, 15) is 19.5 Å². The number of benzene rings is 2. The van der Waals surface area contributed by atoms with Gasteiger partial charge in [-0.3, -0.25) is 9.59 Å². The second kappa shape index (κ2) is 15.2. The fourth-order valence-corrected chi connectivity index (χ4v) is 6.01. The van der Waals surface area contributed by atoms with Crippen molar-refractivity contribution in [2.24, 2.45) is 17.6 Å². The number of carbonyl (C=O) groups is 2. The molecule has 1 aromatic carbocycles. The number of aliphatic hydroxyl groups excluding tert-OH is 1. The Hall–Kier alpha value is -3.84. The van der Waals surface area contributed by atoms with Crippen LogP contribution in [0.1, 0.15) is 39.7 Å². The van der Waals surface area contributed by atoms with E-state index in [4.69, 9.17) is 29.3 Å². The Bertz CT molecular complexity index is 1710. The number of hydrogen-bond donors (Lipinski definition) is 3. The van der Waals surface area contributed by atoms with Crippen LogP contribution < -0.4 is 16.5 Å². The van der Waals surface area contributed by atoms with Crippen LogP contribution in [0, 0.1) is 11.8 Å². The first-order valence-corrected chi connectivity index (χ1v) is 15.7. The molecule has 11 nitrogen and oxygen atoms in total. The van der Waals surface area contributed by atoms with Crippen LogP contribution in [0.4, 0.5) is 10.5 Å². The summed E-state index contributed by atoms with van der Waals surface area (Å²) >= 11 is 3.46. The fourth-order valence-electron chi connectivity index (χ4n) is 5.67. The molecule has 2 heterocycles. The molecule has 3 aliphatic rings. The summed E-state index contributed by atoms with van der Waals surface area (Å²) in [4.78, 5) is 43.7. The molecule has 0 fully saturated rings. The van der Waals surface area contributed by atoms with Gasteiger partial charge in [-0.05, 0) is 62.4 Å². The Morgan fingerprint density at radius 2 is 1.89 bits per heavy atom. The number of aromatic nitrogens is 1. The Morgan fingerprint density at radius 3 is 2.57 bits per heavy atom. The average Bonchev–Trinajstić information content (AvgIpc) is 3.01. The first-order valence-electron chi connectivity index (χ1n) is 14.9. The summed E-state index contributed by atoms with van der Waals surface area (Å²) < 4.78 is 23.8. The third-order valence-electron chi connectivity index (χ3n) is 8.13. The number of carbonyl (C=O) groups excluding carboxylic acids is 2. The molecule has 12 heteroatoms. The molecular formula is C34H40BrN3O8. The molecule has 2 aliphatic heterocycles. The lowest BCUT2D eigenvalue weighted by Crippen LogP contribution is -2.37. The van der Waals surface area contributed by atoms with Gasteiger partial charge in [0.05, 0.1) is 17.9 Å². The van der Waals surface area contributed by atoms with Gasteiger partial charge in [0.25, 0.3) is 5.91 Å². The first-order chi connectivity index (χ1) is 21.8. The number of primary amides is 1. The van der Waals surface area contributed by atoms with Crippen molar-refractivity contribution in [2.45, 2.75) is 65.0 Å². The number of fused-ring (bicyclic) bond motifs is 5. The topological polar surface area (TPSA) is 163 Å². The largest absolute Gasteiger partial charge is 0.452 e. The van der Waals surface area contributed by atoms with Gasteiger partial charge >= 0.3 is 6.09 Å². The number of nitrogens with zero attached hydrogens (tertiary/aromatic N) is 1. The van der Waals surface area contributed by atoms with Crippen LogP contribution in [0.15, 0.2) is 73.4 Å². The smallest absolute Gasteiger partial charge is 0.405 e. The molecule has 0 spiro atoms. The van der Waals surface area contributed by atoms with E-state index in [1.54, 1.807) is 50.3 Å². The van der Waals surface area contributed by atoms with Crippen molar-refractivity contribution in [3.63, 3.8) is 0 Å². The zero-order chi connectivity index (χ0) is 33.7. The number of allylic oxidation sites excluding steroid dienone is 2. The quantitative estimate of drug-likeness (QED) is 0.236. The SMILES string of the molecule is CO[C@H]1/C=C/C=C(/C)C(=O)Nc2cc3nc4ccc(Br)cc4oc-3c(c2=O)C[C@@H](C)C[C@@H](OC)[C@@H](O)[C@@H](C)/C=C(/C)[C@H]1OC(N)=O. The molecular weight excluding hydrogens is 658 g/mol. The van der Waals surface area contributed by atoms with E-state index in [2.05, 4.69) is 21.2 Å². The van der Waals surface area contributed by atoms with E-state index in [1.807, 2.05) is 19.9 Å². The van der Waals surface area contributed by atoms with Crippen LogP contribution in [0.5, 0.6) is 0 Å². The zero-order valence-corrected chi connectivity index (χ0v) is 28.3. The van der Waals surface area contributed by atoms with Crippen molar-refractivity contribution >= 4 is 44.7 Å². The number of anilines is 1. The van der Waals surface area contributed by atoms with Gasteiger partial charge in [0.2, 0.25) is 5.43 Å². The number of methoxy groups -OCH3 is 2. The zero-order valence-electron chi connectivity index (χ0n) is 26.7. The Labute approximate surface area is 276 Å². The second-order valence-corrected chi connectivity index (χ2v) is 12.6. The minimum absolute atomic E-state index is 0.0648. The van der Waals surface area contributed by atoms with E-state index in [1.165, 1.54) is 20.3 Å². The summed E-state index contributed by atoms with van der Waals surface area (Å²) in [5, 5.41) is 14.1. The molecule has 0 radical (unpaired) electrons. The van der Waals surface area contributed by atoms with Crippen LogP contribution in [-0.4, -0.2) is 60.7 Å². The summed E-state index contributed by atoms with van der Waals surface area (Å²) in [5.41, 5.74) is 7.83. The van der Waals surface area contributed by atoms with Crippen LogP contribution in [0.2, 0.25) is 0 Å². The van der Waals surface area contributed by atoms with E-state index in [-0.39, 0.29) is 23.5 Å². The Morgan fingerprint density at radius 1 is 1.15 bits per heavy atom. The van der Waals surface area contributed by atoms with Crippen molar-refractivity contribution in [1.82, 2.24) is 4.98 Å². The summed E-state index contributed by atoms with van der Waals surface area (Å²) in [5.74, 6) is -0.754. The molecule has 1 aromatic rings. The highest BCUT2D eigenvalue weighted by Crippen LogP contribution is 2.33. The maximum atomic E-state index is 13.9. The highest BCUT2D eigenvalue weighted by atomic mass is 79.9. The lowest BCUT2D eigenvalue weighted by Gasteiger charge is -2.29. The molecule has 246 valence electrons. The van der Waals surface area contributed by atoms with Crippen molar-refractivity contribution in [3.8, 4) is 11.5 Å². The van der Waals surface area contributed by atoms with Crippen LogP contribution >= 0.6 is 15.9 Å². The van der Waals surface area contributed by atoms with Gasteiger partial charge in [0, 0.05) is 35.7 Å². The van der Waals surface area contributed by atoms with Gasteiger partial charge in [0.15, 0.2) is 17.4 Å². The van der Waals surface area contributed by atoms with Gasteiger partial charge in [-0.15, -0.1) is 0 Å². The van der Waals surface area contributed by atoms with Gasteiger partial charge in [-0.25, -0.2) is 9.78 Å². The van der Waals surface area contributed by atoms with E-state index in [0.29, 0.717) is 45.7 Å². The van der Waals surface area contributed by atoms with Gasteiger partial charge in [0.1, 0.15) is 17.3 Å². The lowest BCUT2D eigenvalue weighted by molar-refractivity contribution is -0.112. The summed E-state index contributed by atoms with van der Waals surface area (Å²) in [6.45, 7) is 7.14. The van der Waals surface area contributed by atoms with Gasteiger partial charge in [-0.1, -0.05) is 54.1 Å². The van der Waals surface area contributed by atoms with E-state index in [0.717, 1.165) is 4.47 Å². The lowest BCUT2D eigenvalue weighted by atomic mass is 9.87. The van der Waals surface area contributed by atoms with Gasteiger partial charge in [-0.2, -0.15) is 0 Å². The Kier molecular flexibility index (Phi) is 11.5. The molecule has 6 atom stereocenters. The number of ether oxygens (including phenoxy) is 3. The predicted molar refractivity (Wildman–Crippen MR) is 179 cm³/mol. The van der Waals surface area contributed by atoms with Crippen molar-refractivity contribution in [2.75, 3.05) is 19.5 Å². The number of hydrogen-bond acceptors (Lipinski definition) is 9. The predicted octanol–water partition coefficient (Wildman–Crippen LogP) is 5.52. The molecule has 1 aliphatic carbocycles. The minimum Gasteiger partial charge on any atom is -0.452 e. The summed E-state index contributed by atoms with van der Waals surface area (Å²) in [6.07, 6.45) is 3.03. The normalized spacial score (nSPS) is 28.1. The molecule has 0 aromatic heterocycles. The van der Waals surface area contributed by atoms with Gasteiger partial charge < -0.3 is 34.8 Å². The number of aliphatic hydroxyl groups is 1. The van der Waals surface area contributed by atoms with Crippen molar-refractivity contribution < 1.29 is 33.3 Å². The monoisotopic (exact) mass is 697 g/mol. The number of nitrogens with one attached hydrogen (secondary N) is 1. The maximum Gasteiger partial charge on any atom is 0.405 e. The molecule has 4 rings (SSSR count). The van der Waals surface area contributed by atoms with E-state index < -0.39 is 42.3 Å². The molecule has 46 heavy (non-hydrogen) atoms. The van der Waals surface area contributed by atoms with Crippen LogP contribution in [-0.2, 0) is 25.4 Å². The van der Waals surface area contributed by atoms with Crippen LogP contribution in [0.25, 0.3) is 22.6 Å². The van der Waals surface area contributed by atoms with Crippen LogP contribution in [0.3, 0.4) is 0 Å². The minimum atomic E-state index is -0.987. The first kappa shape index (κ1) is 35.0. The summed E-state index contributed by atoms with van der Waals surface area (Å²) in [6, 6.07) is 6.94. The van der Waals surface area contributed by atoms with Crippen molar-refractivity contribution in [1.29, 1.82) is 0 Å². The third kappa shape index (κ3) is 8.11. The fraction of sp³-hybridized carbons (Fsp3) is 0.412. The number of halogens is 1. The maximum absolute atomic E-state index is 13.9. The molecule has 0 saturated carbocycles. The second-order valence-electron chi connectivity index (χ2n) is 11.7.